The van der Waals surface area contributed by atoms with Crippen molar-refractivity contribution in [3.63, 3.8) is 0 Å². The standard InChI is InChI=1S/C13H15ClINO4/c1-19-11-7-10(15)9(14)6-8(11)13(18)16-5-3-4-12(17)20-2/h6-7H,3-5H2,1-2H3,(H,16,18). The number of benzene rings is 1. The Kier molecular flexibility index (Phi) is 7.08. The Bertz CT molecular complexity index is 507. The van der Waals surface area contributed by atoms with Crippen molar-refractivity contribution in [3.8, 4) is 5.75 Å². The largest absolute Gasteiger partial charge is 0.496 e. The molecule has 20 heavy (non-hydrogen) atoms. The number of halogens is 2. The highest BCUT2D eigenvalue weighted by molar-refractivity contribution is 14.1. The summed E-state index contributed by atoms with van der Waals surface area (Å²) in [5, 5.41) is 3.20. The lowest BCUT2D eigenvalue weighted by Gasteiger charge is -2.10. The van der Waals surface area contributed by atoms with E-state index in [9.17, 15) is 9.59 Å². The maximum Gasteiger partial charge on any atom is 0.305 e. The fraction of sp³-hybridized carbons (Fsp3) is 0.385. The molecule has 0 fully saturated rings. The number of carbonyl (C=O) groups excluding carboxylic acids is 2. The fourth-order valence-corrected chi connectivity index (χ4v) is 2.11. The molecular formula is C13H15ClINO4. The molecule has 0 heterocycles. The highest BCUT2D eigenvalue weighted by Gasteiger charge is 2.14. The second kappa shape index (κ2) is 8.31. The minimum absolute atomic E-state index is 0.265. The molecule has 1 rings (SSSR count). The molecule has 7 heteroatoms. The van der Waals surface area contributed by atoms with E-state index in [1.807, 2.05) is 0 Å². The summed E-state index contributed by atoms with van der Waals surface area (Å²) in [4.78, 5) is 23.0. The molecule has 1 amide bonds. The summed E-state index contributed by atoms with van der Waals surface area (Å²) in [6, 6.07) is 3.27. The van der Waals surface area contributed by atoms with Crippen LogP contribution in [0.2, 0.25) is 5.02 Å². The zero-order valence-corrected chi connectivity index (χ0v) is 14.1. The van der Waals surface area contributed by atoms with Gasteiger partial charge in [-0.05, 0) is 41.1 Å². The van der Waals surface area contributed by atoms with E-state index in [2.05, 4.69) is 32.6 Å². The molecule has 0 bridgehead atoms. The number of hydrogen-bond acceptors (Lipinski definition) is 4. The van der Waals surface area contributed by atoms with E-state index in [0.717, 1.165) is 3.57 Å². The van der Waals surface area contributed by atoms with Crippen molar-refractivity contribution in [2.24, 2.45) is 0 Å². The Labute approximate surface area is 136 Å². The summed E-state index contributed by atoms with van der Waals surface area (Å²) in [6.45, 7) is 0.376. The Morgan fingerprint density at radius 3 is 2.65 bits per heavy atom. The van der Waals surface area contributed by atoms with Gasteiger partial charge in [0.1, 0.15) is 5.75 Å². The molecule has 0 radical (unpaired) electrons. The number of carbonyl (C=O) groups is 2. The Morgan fingerprint density at radius 2 is 2.05 bits per heavy atom. The van der Waals surface area contributed by atoms with Crippen LogP contribution in [0.25, 0.3) is 0 Å². The van der Waals surface area contributed by atoms with Gasteiger partial charge in [-0.1, -0.05) is 11.6 Å². The van der Waals surface area contributed by atoms with Gasteiger partial charge in [0.2, 0.25) is 0 Å². The van der Waals surface area contributed by atoms with Crippen LogP contribution in [0.5, 0.6) is 5.75 Å². The van der Waals surface area contributed by atoms with Crippen LogP contribution in [0.3, 0.4) is 0 Å². The molecule has 1 N–H and O–H groups in total. The first-order chi connectivity index (χ1) is 9.49. The third kappa shape index (κ3) is 4.82. The summed E-state index contributed by atoms with van der Waals surface area (Å²) < 4.78 is 10.5. The molecular weight excluding hydrogens is 397 g/mol. The molecule has 5 nitrogen and oxygen atoms in total. The maximum absolute atomic E-state index is 12.0. The average Bonchev–Trinajstić information content (AvgIpc) is 2.45. The summed E-state index contributed by atoms with van der Waals surface area (Å²) in [5.41, 5.74) is 0.371. The molecule has 0 aliphatic carbocycles. The van der Waals surface area contributed by atoms with Crippen LogP contribution < -0.4 is 10.1 Å². The van der Waals surface area contributed by atoms with Crippen molar-refractivity contribution in [3.05, 3.63) is 26.3 Å². The monoisotopic (exact) mass is 411 g/mol. The normalized spacial score (nSPS) is 10.0. The predicted octanol–water partition coefficient (Wildman–Crippen LogP) is 2.64. The number of ether oxygens (including phenoxy) is 2. The van der Waals surface area contributed by atoms with Crippen LogP contribution in [-0.4, -0.2) is 32.6 Å². The fourth-order valence-electron chi connectivity index (χ4n) is 1.51. The molecule has 110 valence electrons. The van der Waals surface area contributed by atoms with E-state index in [0.29, 0.717) is 29.3 Å². The van der Waals surface area contributed by atoms with E-state index < -0.39 is 0 Å². The van der Waals surface area contributed by atoms with Gasteiger partial charge < -0.3 is 14.8 Å². The number of hydrogen-bond donors (Lipinski definition) is 1. The average molecular weight is 412 g/mol. The first kappa shape index (κ1) is 17.0. The molecule has 0 saturated heterocycles. The van der Waals surface area contributed by atoms with Crippen molar-refractivity contribution in [2.45, 2.75) is 12.8 Å². The third-order valence-corrected chi connectivity index (χ3v) is 4.08. The molecule has 0 spiro atoms. The van der Waals surface area contributed by atoms with Crippen molar-refractivity contribution in [1.82, 2.24) is 5.32 Å². The molecule has 0 atom stereocenters. The van der Waals surface area contributed by atoms with Crippen LogP contribution in [0.1, 0.15) is 23.2 Å². The molecule has 0 aliphatic heterocycles. The molecule has 1 aromatic carbocycles. The Balaban J connectivity index is 2.63. The topological polar surface area (TPSA) is 64.6 Å². The van der Waals surface area contributed by atoms with Gasteiger partial charge in [-0.15, -0.1) is 0 Å². The lowest BCUT2D eigenvalue weighted by molar-refractivity contribution is -0.140. The second-order valence-electron chi connectivity index (χ2n) is 3.90. The zero-order valence-electron chi connectivity index (χ0n) is 11.2. The van der Waals surface area contributed by atoms with Gasteiger partial charge >= 0.3 is 5.97 Å². The summed E-state index contributed by atoms with van der Waals surface area (Å²) in [5.74, 6) is -0.122. The number of nitrogens with one attached hydrogen (secondary N) is 1. The van der Waals surface area contributed by atoms with Crippen molar-refractivity contribution < 1.29 is 19.1 Å². The third-order valence-electron chi connectivity index (χ3n) is 2.56. The first-order valence-electron chi connectivity index (χ1n) is 5.87. The summed E-state index contributed by atoms with van der Waals surface area (Å²) >= 11 is 8.07. The zero-order chi connectivity index (χ0) is 15.1. The summed E-state index contributed by atoms with van der Waals surface area (Å²) in [7, 11) is 2.83. The van der Waals surface area contributed by atoms with Crippen LogP contribution in [0.15, 0.2) is 12.1 Å². The van der Waals surface area contributed by atoms with Gasteiger partial charge in [0.05, 0.1) is 24.8 Å². The van der Waals surface area contributed by atoms with E-state index in [4.69, 9.17) is 16.3 Å². The number of rotatable bonds is 6. The minimum atomic E-state index is -0.297. The Hall–Kier alpha value is -1.02. The van der Waals surface area contributed by atoms with E-state index in [1.54, 1.807) is 12.1 Å². The highest BCUT2D eigenvalue weighted by atomic mass is 127. The predicted molar refractivity (Wildman–Crippen MR) is 84.3 cm³/mol. The van der Waals surface area contributed by atoms with Crippen LogP contribution in [0.4, 0.5) is 0 Å². The second-order valence-corrected chi connectivity index (χ2v) is 5.47. The number of methoxy groups -OCH3 is 2. The molecule has 0 aliphatic rings. The summed E-state index contributed by atoms with van der Waals surface area (Å²) in [6.07, 6.45) is 0.778. The van der Waals surface area contributed by atoms with E-state index in [-0.39, 0.29) is 18.3 Å². The van der Waals surface area contributed by atoms with Crippen molar-refractivity contribution >= 4 is 46.1 Å². The first-order valence-corrected chi connectivity index (χ1v) is 7.33. The quantitative estimate of drug-likeness (QED) is 0.444. The van der Waals surface area contributed by atoms with Crippen molar-refractivity contribution in [1.29, 1.82) is 0 Å². The van der Waals surface area contributed by atoms with E-state index in [1.165, 1.54) is 14.2 Å². The lowest BCUT2D eigenvalue weighted by Crippen LogP contribution is -2.25. The van der Waals surface area contributed by atoms with Crippen LogP contribution in [-0.2, 0) is 9.53 Å². The lowest BCUT2D eigenvalue weighted by atomic mass is 10.2. The number of esters is 1. The maximum atomic E-state index is 12.0. The van der Waals surface area contributed by atoms with Gasteiger partial charge in [-0.25, -0.2) is 0 Å². The smallest absolute Gasteiger partial charge is 0.305 e. The van der Waals surface area contributed by atoms with Gasteiger partial charge in [-0.2, -0.15) is 0 Å². The van der Waals surface area contributed by atoms with Gasteiger partial charge in [-0.3, -0.25) is 9.59 Å². The van der Waals surface area contributed by atoms with E-state index >= 15 is 0 Å². The van der Waals surface area contributed by atoms with Gasteiger partial charge in [0.15, 0.2) is 0 Å². The van der Waals surface area contributed by atoms with Crippen molar-refractivity contribution in [2.75, 3.05) is 20.8 Å². The van der Waals surface area contributed by atoms with Crippen LogP contribution in [0, 0.1) is 3.57 Å². The Morgan fingerprint density at radius 1 is 1.35 bits per heavy atom. The highest BCUT2D eigenvalue weighted by Crippen LogP contribution is 2.28. The molecule has 0 saturated carbocycles. The number of amides is 1. The molecule has 1 aromatic rings. The van der Waals surface area contributed by atoms with Gasteiger partial charge in [0, 0.05) is 16.5 Å². The van der Waals surface area contributed by atoms with Crippen LogP contribution >= 0.6 is 34.2 Å². The molecule has 0 unspecified atom stereocenters. The minimum Gasteiger partial charge on any atom is -0.496 e. The SMILES string of the molecule is COC(=O)CCCNC(=O)c1cc(Cl)c(I)cc1OC. The molecule has 0 aromatic heterocycles. The van der Waals surface area contributed by atoms with Gasteiger partial charge in [0.25, 0.3) is 5.91 Å².